The molecule has 0 radical (unpaired) electrons. The van der Waals surface area contributed by atoms with E-state index in [2.05, 4.69) is 241 Å². The number of fused-ring (bicyclic) bond motifs is 8. The molecule has 0 unspecified atom stereocenters. The van der Waals surface area contributed by atoms with Crippen LogP contribution in [0.15, 0.2) is 264 Å². The number of benzene rings is 11. The SMILES string of the molecule is CCCCCCN1c2ccccc2Sc2cc(/C=C/c3cc(/C=C/c4ccc5c(c4)Sc4ccccc4N5CCCCCC)cc(C(=O)Oc4cc(OC(=O)c5cc(/C=C/c6ccc7c(c6)Sc6ccccc6N7CCCCCC)cc(/C=C/c6ccc7c(c6)Sc6ccccc6N7CCCCCC)c5)cc(C(=O)O)c4)c3)ccc21. The minimum absolute atomic E-state index is 0.108. The molecule has 115 heavy (non-hydrogen) atoms. The quantitative estimate of drug-likeness (QED) is 0.0183. The number of carbonyl (C=O) groups is 3. The van der Waals surface area contributed by atoms with Gasteiger partial charge in [0, 0.05) is 71.4 Å². The van der Waals surface area contributed by atoms with E-state index in [1.165, 1.54) is 180 Å². The zero-order valence-corrected chi connectivity index (χ0v) is 69.3. The maximum atomic E-state index is 14.9. The Bertz CT molecular complexity index is 4900. The van der Waals surface area contributed by atoms with Crippen LogP contribution in [0.4, 0.5) is 45.5 Å². The molecule has 4 aliphatic rings. The van der Waals surface area contributed by atoms with Crippen LogP contribution in [0, 0.1) is 0 Å². The molecule has 0 bridgehead atoms. The smallest absolute Gasteiger partial charge is 0.343 e. The maximum Gasteiger partial charge on any atom is 0.343 e. The summed E-state index contributed by atoms with van der Waals surface area (Å²) in [5, 5.41) is 10.7. The van der Waals surface area contributed by atoms with Crippen LogP contribution >= 0.6 is 47.0 Å². The summed E-state index contributed by atoms with van der Waals surface area (Å²) in [6.07, 6.45) is 35.1. The molecule has 0 atom stereocenters. The predicted molar refractivity (Wildman–Crippen MR) is 485 cm³/mol. The van der Waals surface area contributed by atoms with Gasteiger partial charge in [-0.1, -0.05) is 273 Å². The Morgan fingerprint density at radius 1 is 0.270 bits per heavy atom. The Labute approximate surface area is 695 Å². The molecule has 11 aromatic rings. The largest absolute Gasteiger partial charge is 0.478 e. The second-order valence-corrected chi connectivity index (χ2v) is 34.3. The monoisotopic (exact) mass is 1590 g/mol. The predicted octanol–water partition coefficient (Wildman–Crippen LogP) is 29.2. The number of carboxylic acids is 1. The fourth-order valence-corrected chi connectivity index (χ4v) is 20.0. The molecule has 0 amide bonds. The molecular formula is C101H98N4O6S4. The summed E-state index contributed by atoms with van der Waals surface area (Å²) in [7, 11) is 0. The van der Waals surface area contributed by atoms with Gasteiger partial charge in [0.25, 0.3) is 0 Å². The number of hydrogen-bond acceptors (Lipinski definition) is 13. The topological polar surface area (TPSA) is 103 Å². The average Bonchev–Trinajstić information content (AvgIpc) is 0.784. The van der Waals surface area contributed by atoms with Crippen LogP contribution in [0.5, 0.6) is 11.5 Å². The number of ether oxygens (including phenoxy) is 2. The fraction of sp³-hybridized carbons (Fsp3) is 0.238. The summed E-state index contributed by atoms with van der Waals surface area (Å²) >= 11 is 7.14. The van der Waals surface area contributed by atoms with Gasteiger partial charge in [0.05, 0.1) is 62.2 Å². The number of carbonyl (C=O) groups excluding carboxylic acids is 2. The van der Waals surface area contributed by atoms with Crippen LogP contribution in [0.25, 0.3) is 48.6 Å². The second kappa shape index (κ2) is 38.2. The molecule has 11 aromatic carbocycles. The Balaban J connectivity index is 0.729. The lowest BCUT2D eigenvalue weighted by Crippen LogP contribution is -2.22. The van der Waals surface area contributed by atoms with Crippen LogP contribution in [0.2, 0.25) is 0 Å². The molecule has 14 heteroatoms. The van der Waals surface area contributed by atoms with Gasteiger partial charge in [-0.25, -0.2) is 14.4 Å². The van der Waals surface area contributed by atoms with Crippen LogP contribution in [0.3, 0.4) is 0 Å². The first-order valence-corrected chi connectivity index (χ1v) is 44.3. The van der Waals surface area contributed by atoms with Gasteiger partial charge in [0.15, 0.2) is 0 Å². The number of esters is 2. The Morgan fingerprint density at radius 2 is 0.522 bits per heavy atom. The lowest BCUT2D eigenvalue weighted by atomic mass is 10.0. The summed E-state index contributed by atoms with van der Waals surface area (Å²) in [4.78, 5) is 62.4. The molecular weight excluding hydrogens is 1490 g/mol. The first-order chi connectivity index (χ1) is 56.4. The molecule has 4 aliphatic heterocycles. The van der Waals surface area contributed by atoms with Gasteiger partial charge in [0.1, 0.15) is 11.5 Å². The number of para-hydroxylation sites is 4. The number of anilines is 8. The third-order valence-corrected chi connectivity index (χ3v) is 25.8. The van der Waals surface area contributed by atoms with E-state index in [1.54, 1.807) is 71.3 Å². The van der Waals surface area contributed by atoms with Gasteiger partial charge in [-0.2, -0.15) is 0 Å². The normalized spacial score (nSPS) is 13.2. The van der Waals surface area contributed by atoms with E-state index in [1.807, 2.05) is 36.4 Å². The van der Waals surface area contributed by atoms with Gasteiger partial charge < -0.3 is 34.2 Å². The van der Waals surface area contributed by atoms with E-state index < -0.39 is 17.9 Å². The van der Waals surface area contributed by atoms with Crippen LogP contribution in [-0.2, 0) is 0 Å². The van der Waals surface area contributed by atoms with Crippen molar-refractivity contribution in [1.82, 2.24) is 0 Å². The molecule has 0 aromatic heterocycles. The van der Waals surface area contributed by atoms with Gasteiger partial charge in [0.2, 0.25) is 0 Å². The summed E-state index contributed by atoms with van der Waals surface area (Å²) in [6.45, 7) is 12.7. The minimum Gasteiger partial charge on any atom is -0.478 e. The van der Waals surface area contributed by atoms with Crippen molar-refractivity contribution in [2.24, 2.45) is 0 Å². The molecule has 0 spiro atoms. The lowest BCUT2D eigenvalue weighted by molar-refractivity contribution is 0.0680. The molecule has 0 fully saturated rings. The van der Waals surface area contributed by atoms with Gasteiger partial charge in [-0.3, -0.25) is 0 Å². The van der Waals surface area contributed by atoms with E-state index in [0.29, 0.717) is 0 Å². The standard InChI is InChI=1S/C101H98N4O6S4/c1-5-9-13-25-53-102-83-29-17-21-33-91(83)112-95-63-70(45-49-87(95)102)37-41-74-57-75(42-38-71-46-50-88-96(64-71)113-92-34-22-18-30-84(92)103(88)54-26-14-10-6-2)60-79(59-74)100(108)110-81-67-78(99(106)107)68-82(69-81)111-101(109)80-61-76(43-39-72-47-51-89-97(65-72)114-93-35-23-19-31-85(93)104(89)55-27-15-11-7-3)58-77(62-80)44-40-73-48-52-90-98(66-73)115-94-36-24-20-32-86(94)105(90)56-28-16-12-8-4/h17-24,29-52,57-69H,5-16,25-28,53-56H2,1-4H3,(H,106,107)/b41-37+,42-38+,43-39+,44-40+. The number of hydrogen-bond donors (Lipinski definition) is 1. The molecule has 0 saturated heterocycles. The molecule has 582 valence electrons. The first-order valence-electron chi connectivity index (χ1n) is 41.0. The number of aromatic carboxylic acids is 1. The van der Waals surface area contributed by atoms with Crippen molar-refractivity contribution in [3.63, 3.8) is 0 Å². The maximum absolute atomic E-state index is 14.9. The molecule has 0 saturated carbocycles. The van der Waals surface area contributed by atoms with Crippen molar-refractivity contribution < 1.29 is 29.0 Å². The highest BCUT2D eigenvalue weighted by atomic mass is 32.2. The van der Waals surface area contributed by atoms with Crippen molar-refractivity contribution >= 4 is 159 Å². The number of rotatable bonds is 33. The van der Waals surface area contributed by atoms with Crippen LogP contribution in [-0.4, -0.2) is 49.2 Å². The van der Waals surface area contributed by atoms with E-state index in [4.69, 9.17) is 9.47 Å². The average molecular weight is 1590 g/mol. The Hall–Kier alpha value is -10.6. The molecule has 4 heterocycles. The third kappa shape index (κ3) is 19.5. The van der Waals surface area contributed by atoms with Gasteiger partial charge in [-0.15, -0.1) is 0 Å². The zero-order chi connectivity index (χ0) is 79.0. The number of nitrogens with zero attached hydrogens (tertiary/aromatic N) is 4. The van der Waals surface area contributed by atoms with E-state index in [-0.39, 0.29) is 28.2 Å². The van der Waals surface area contributed by atoms with E-state index in [0.717, 1.165) is 96.4 Å². The van der Waals surface area contributed by atoms with Crippen molar-refractivity contribution in [3.05, 3.63) is 286 Å². The summed E-state index contributed by atoms with van der Waals surface area (Å²) in [6, 6.07) is 76.2. The van der Waals surface area contributed by atoms with Crippen LogP contribution < -0.4 is 29.1 Å². The van der Waals surface area contributed by atoms with Crippen molar-refractivity contribution in [2.75, 3.05) is 45.8 Å². The Kier molecular flexibility index (Phi) is 26.5. The Morgan fingerprint density at radius 3 is 0.783 bits per heavy atom. The highest BCUT2D eigenvalue weighted by molar-refractivity contribution is 8.00. The lowest BCUT2D eigenvalue weighted by Gasteiger charge is -2.33. The van der Waals surface area contributed by atoms with E-state index in [9.17, 15) is 19.5 Å². The fourth-order valence-electron chi connectivity index (χ4n) is 15.5. The zero-order valence-electron chi connectivity index (χ0n) is 66.0. The molecule has 15 rings (SSSR count). The van der Waals surface area contributed by atoms with E-state index >= 15 is 0 Å². The number of carboxylic acid groups (broad SMARTS) is 1. The molecule has 0 aliphatic carbocycles. The second-order valence-electron chi connectivity index (χ2n) is 29.9. The summed E-state index contributed by atoms with van der Waals surface area (Å²) < 4.78 is 12.4. The number of unbranched alkanes of at least 4 members (excludes halogenated alkanes) is 12. The third-order valence-electron chi connectivity index (χ3n) is 21.4. The highest BCUT2D eigenvalue weighted by Gasteiger charge is 2.29. The van der Waals surface area contributed by atoms with Crippen molar-refractivity contribution in [3.8, 4) is 11.5 Å². The van der Waals surface area contributed by atoms with Gasteiger partial charge >= 0.3 is 17.9 Å². The summed E-state index contributed by atoms with van der Waals surface area (Å²) in [5.74, 6) is -2.96. The van der Waals surface area contributed by atoms with Crippen molar-refractivity contribution in [1.29, 1.82) is 0 Å². The van der Waals surface area contributed by atoms with Crippen LogP contribution in [0.1, 0.15) is 206 Å². The van der Waals surface area contributed by atoms with Crippen molar-refractivity contribution in [2.45, 2.75) is 170 Å². The summed E-state index contributed by atoms with van der Waals surface area (Å²) in [5.41, 5.74) is 17.0. The molecule has 10 nitrogen and oxygen atoms in total. The first kappa shape index (κ1) is 79.6. The highest BCUT2D eigenvalue weighted by Crippen LogP contribution is 2.53. The molecule has 1 N–H and O–H groups in total. The van der Waals surface area contributed by atoms with Gasteiger partial charge in [-0.05, 0) is 216 Å². The minimum atomic E-state index is -1.29.